The van der Waals surface area contributed by atoms with Crippen molar-refractivity contribution in [2.75, 3.05) is 14.2 Å². The zero-order valence-corrected chi connectivity index (χ0v) is 18.2. The van der Waals surface area contributed by atoms with E-state index in [1.165, 1.54) is 23.3 Å². The van der Waals surface area contributed by atoms with Gasteiger partial charge in [0.15, 0.2) is 23.2 Å². The molecule has 1 aliphatic rings. The lowest BCUT2D eigenvalue weighted by Crippen LogP contribution is -2.11. The molecule has 1 atom stereocenters. The largest absolute Gasteiger partial charge is 0.493 e. The van der Waals surface area contributed by atoms with Crippen LogP contribution >= 0.6 is 11.3 Å². The maximum absolute atomic E-state index is 13.0. The van der Waals surface area contributed by atoms with E-state index in [1.807, 2.05) is 47.8 Å². The number of thiazole rings is 1. The first-order valence-electron chi connectivity index (χ1n) is 10.1. The van der Waals surface area contributed by atoms with Gasteiger partial charge in [-0.25, -0.2) is 4.98 Å². The van der Waals surface area contributed by atoms with Gasteiger partial charge in [0.2, 0.25) is 0 Å². The van der Waals surface area contributed by atoms with Crippen molar-refractivity contribution < 1.29 is 14.3 Å². The van der Waals surface area contributed by atoms with Crippen molar-refractivity contribution in [3.8, 4) is 28.8 Å². The van der Waals surface area contributed by atoms with Gasteiger partial charge >= 0.3 is 0 Å². The van der Waals surface area contributed by atoms with Crippen LogP contribution in [-0.4, -0.2) is 25.0 Å². The molecule has 156 valence electrons. The minimum atomic E-state index is -0.935. The normalized spacial score (nSPS) is 13.9. The summed E-state index contributed by atoms with van der Waals surface area (Å²) in [5.41, 5.74) is 4.52. The van der Waals surface area contributed by atoms with Crippen molar-refractivity contribution in [2.45, 2.75) is 25.2 Å². The number of carbonyl (C=O) groups is 1. The van der Waals surface area contributed by atoms with Crippen LogP contribution in [0.3, 0.4) is 0 Å². The second-order valence-corrected chi connectivity index (χ2v) is 8.16. The van der Waals surface area contributed by atoms with E-state index in [-0.39, 0.29) is 5.78 Å². The van der Waals surface area contributed by atoms with Crippen LogP contribution < -0.4 is 9.47 Å². The molecule has 1 aliphatic carbocycles. The summed E-state index contributed by atoms with van der Waals surface area (Å²) in [5, 5.41) is 12.1. The molecule has 4 rings (SSSR count). The first-order chi connectivity index (χ1) is 15.1. The third kappa shape index (κ3) is 4.23. The number of Topliss-reactive ketones (excluding diaryl/α,β-unsaturated/α-hetero) is 1. The van der Waals surface area contributed by atoms with Gasteiger partial charge in [-0.2, -0.15) is 5.26 Å². The summed E-state index contributed by atoms with van der Waals surface area (Å²) in [6, 6.07) is 15.2. The Labute approximate surface area is 185 Å². The Morgan fingerprint density at radius 2 is 1.84 bits per heavy atom. The van der Waals surface area contributed by atoms with Crippen LogP contribution in [0.2, 0.25) is 0 Å². The van der Waals surface area contributed by atoms with E-state index >= 15 is 0 Å². The molecule has 6 heteroatoms. The lowest BCUT2D eigenvalue weighted by atomic mass is 9.96. The summed E-state index contributed by atoms with van der Waals surface area (Å²) in [4.78, 5) is 17.6. The minimum Gasteiger partial charge on any atom is -0.493 e. The molecule has 0 aliphatic heterocycles. The number of rotatable bonds is 7. The van der Waals surface area contributed by atoms with Crippen LogP contribution in [-0.2, 0) is 0 Å². The number of allylic oxidation sites excluding steroid dienone is 2. The minimum absolute atomic E-state index is 0.234. The summed E-state index contributed by atoms with van der Waals surface area (Å²) < 4.78 is 10.6. The number of nitriles is 1. The fraction of sp³-hybridized carbons (Fsp3) is 0.240. The maximum atomic E-state index is 13.0. The highest BCUT2D eigenvalue weighted by Gasteiger charge is 2.25. The van der Waals surface area contributed by atoms with Crippen molar-refractivity contribution >= 4 is 22.7 Å². The van der Waals surface area contributed by atoms with Gasteiger partial charge < -0.3 is 9.47 Å². The fourth-order valence-corrected chi connectivity index (χ4v) is 4.59. The first-order valence-corrected chi connectivity index (χ1v) is 10.9. The average Bonchev–Trinajstić information content (AvgIpc) is 3.52. The molecule has 0 N–H and O–H groups in total. The lowest BCUT2D eigenvalue weighted by Gasteiger charge is -2.09. The van der Waals surface area contributed by atoms with Crippen LogP contribution in [0.1, 0.15) is 46.1 Å². The van der Waals surface area contributed by atoms with Gasteiger partial charge in [-0.1, -0.05) is 30.3 Å². The maximum Gasteiger partial charge on any atom is 0.186 e. The Morgan fingerprint density at radius 3 is 2.48 bits per heavy atom. The summed E-state index contributed by atoms with van der Waals surface area (Å²) in [6.07, 6.45) is 5.62. The number of benzene rings is 2. The fourth-order valence-electron chi connectivity index (χ4n) is 3.72. The van der Waals surface area contributed by atoms with Crippen molar-refractivity contribution in [2.24, 2.45) is 0 Å². The number of hydrogen-bond acceptors (Lipinski definition) is 6. The number of nitrogens with zero attached hydrogens (tertiary/aromatic N) is 2. The van der Waals surface area contributed by atoms with Crippen LogP contribution in [0.15, 0.2) is 53.9 Å². The second-order valence-electron chi connectivity index (χ2n) is 7.27. The number of ketones is 1. The molecule has 0 spiro atoms. The van der Waals surface area contributed by atoms with Crippen LogP contribution in [0.25, 0.3) is 16.8 Å². The molecular weight excluding hydrogens is 408 g/mol. The Kier molecular flexibility index (Phi) is 6.15. The van der Waals surface area contributed by atoms with E-state index in [9.17, 15) is 10.1 Å². The summed E-state index contributed by atoms with van der Waals surface area (Å²) in [5.74, 6) is 0.0571. The predicted octanol–water partition coefficient (Wildman–Crippen LogP) is 5.88. The van der Waals surface area contributed by atoms with Crippen LogP contribution in [0.4, 0.5) is 0 Å². The van der Waals surface area contributed by atoms with E-state index in [2.05, 4.69) is 17.1 Å². The van der Waals surface area contributed by atoms with Crippen molar-refractivity contribution in [3.63, 3.8) is 0 Å². The topological polar surface area (TPSA) is 72.2 Å². The smallest absolute Gasteiger partial charge is 0.186 e. The molecule has 0 amide bonds. The lowest BCUT2D eigenvalue weighted by molar-refractivity contribution is 0.0979. The molecule has 5 nitrogen and oxygen atoms in total. The summed E-state index contributed by atoms with van der Waals surface area (Å²) >= 11 is 1.31. The SMILES string of the molecule is COc1ccc(-c2csc(C(C#N)C(=O)c3ccc(C4=CCCC4)cc3)n2)cc1OC. The molecule has 0 saturated heterocycles. The van der Waals surface area contributed by atoms with E-state index in [1.54, 1.807) is 14.2 Å². The third-order valence-corrected chi connectivity index (χ3v) is 6.33. The monoisotopic (exact) mass is 430 g/mol. The number of carbonyl (C=O) groups excluding carboxylic acids is 1. The zero-order chi connectivity index (χ0) is 21.8. The van der Waals surface area contributed by atoms with Gasteiger partial charge in [-0.15, -0.1) is 11.3 Å². The molecule has 0 bridgehead atoms. The Balaban J connectivity index is 1.57. The Morgan fingerprint density at radius 1 is 1.10 bits per heavy atom. The molecule has 1 aromatic heterocycles. The predicted molar refractivity (Wildman–Crippen MR) is 122 cm³/mol. The second kappa shape index (κ2) is 9.15. The number of hydrogen-bond donors (Lipinski definition) is 0. The quantitative estimate of drug-likeness (QED) is 0.437. The summed E-state index contributed by atoms with van der Waals surface area (Å²) in [7, 11) is 3.16. The molecule has 0 fully saturated rings. The molecule has 0 saturated carbocycles. The highest BCUT2D eigenvalue weighted by Crippen LogP contribution is 2.34. The first kappa shape index (κ1) is 20.8. The van der Waals surface area contributed by atoms with E-state index in [0.29, 0.717) is 27.8 Å². The average molecular weight is 431 g/mol. The van der Waals surface area contributed by atoms with Gasteiger partial charge in [0, 0.05) is 16.5 Å². The van der Waals surface area contributed by atoms with E-state index in [0.717, 1.165) is 24.0 Å². The van der Waals surface area contributed by atoms with Crippen LogP contribution in [0, 0.1) is 11.3 Å². The van der Waals surface area contributed by atoms with Crippen molar-refractivity contribution in [3.05, 3.63) is 70.1 Å². The van der Waals surface area contributed by atoms with Crippen LogP contribution in [0.5, 0.6) is 11.5 Å². The molecular formula is C25H22N2O3S. The standard InChI is InChI=1S/C25H22N2O3S/c1-29-22-12-11-19(13-23(22)30-2)21-15-31-25(27-21)20(14-26)24(28)18-9-7-17(8-10-18)16-5-3-4-6-16/h5,7-13,15,20H,3-4,6H2,1-2H3. The zero-order valence-electron chi connectivity index (χ0n) is 17.4. The van der Waals surface area contributed by atoms with Crippen molar-refractivity contribution in [1.82, 2.24) is 4.98 Å². The molecule has 2 aromatic carbocycles. The Bertz CT molecular complexity index is 1170. The van der Waals surface area contributed by atoms with Crippen molar-refractivity contribution in [1.29, 1.82) is 5.26 Å². The molecule has 1 unspecified atom stereocenters. The molecule has 3 aromatic rings. The van der Waals surface area contributed by atoms with Gasteiger partial charge in [0.1, 0.15) is 5.01 Å². The molecule has 0 radical (unpaired) electrons. The third-order valence-electron chi connectivity index (χ3n) is 5.42. The number of ether oxygens (including phenoxy) is 2. The van der Waals surface area contributed by atoms with Gasteiger partial charge in [0.05, 0.1) is 26.0 Å². The molecule has 1 heterocycles. The van der Waals surface area contributed by atoms with Gasteiger partial charge in [-0.3, -0.25) is 4.79 Å². The van der Waals surface area contributed by atoms with E-state index < -0.39 is 5.92 Å². The summed E-state index contributed by atoms with van der Waals surface area (Å²) in [6.45, 7) is 0. The highest BCUT2D eigenvalue weighted by atomic mass is 32.1. The number of methoxy groups -OCH3 is 2. The Hall–Kier alpha value is -3.43. The van der Waals surface area contributed by atoms with Gasteiger partial charge in [-0.05, 0) is 48.6 Å². The van der Waals surface area contributed by atoms with Gasteiger partial charge in [0.25, 0.3) is 0 Å². The molecule has 31 heavy (non-hydrogen) atoms. The highest BCUT2D eigenvalue weighted by molar-refractivity contribution is 7.10. The number of aromatic nitrogens is 1. The van der Waals surface area contributed by atoms with E-state index in [4.69, 9.17) is 9.47 Å².